The number of nitrogen functional groups attached to an aromatic ring is 1. The van der Waals surface area contributed by atoms with Crippen LogP contribution in [-0.4, -0.2) is 19.8 Å². The second-order valence-corrected chi connectivity index (χ2v) is 4.66. The van der Waals surface area contributed by atoms with Crippen LogP contribution in [0.2, 0.25) is 0 Å². The van der Waals surface area contributed by atoms with E-state index in [2.05, 4.69) is 15.3 Å². The van der Waals surface area contributed by atoms with Gasteiger partial charge in [-0.05, 0) is 13.0 Å². The van der Waals surface area contributed by atoms with Gasteiger partial charge in [0, 0.05) is 17.3 Å². The van der Waals surface area contributed by atoms with E-state index in [0.29, 0.717) is 21.4 Å². The lowest BCUT2D eigenvalue weighted by atomic mass is 10.2. The van der Waals surface area contributed by atoms with E-state index in [4.69, 9.17) is 5.73 Å². The summed E-state index contributed by atoms with van der Waals surface area (Å²) < 4.78 is 27.7. The molecule has 2 heterocycles. The summed E-state index contributed by atoms with van der Waals surface area (Å²) in [5.74, 6) is -1.31. The van der Waals surface area contributed by atoms with Gasteiger partial charge in [-0.1, -0.05) is 11.3 Å². The highest BCUT2D eigenvalue weighted by atomic mass is 32.1. The second-order valence-electron chi connectivity index (χ2n) is 3.70. The first-order valence-corrected chi connectivity index (χ1v) is 5.81. The zero-order chi connectivity index (χ0) is 12.9. The van der Waals surface area contributed by atoms with Crippen molar-refractivity contribution < 1.29 is 8.78 Å². The molecule has 0 fully saturated rings. The van der Waals surface area contributed by atoms with Crippen molar-refractivity contribution in [3.05, 3.63) is 29.6 Å². The number of fused-ring (bicyclic) bond motifs is 1. The number of benzene rings is 1. The number of nitrogens with zero attached hydrogens (tertiary/aromatic N) is 4. The lowest BCUT2D eigenvalue weighted by molar-refractivity contribution is 0.509. The maximum atomic E-state index is 13.2. The van der Waals surface area contributed by atoms with Crippen LogP contribution in [0.1, 0.15) is 5.82 Å². The van der Waals surface area contributed by atoms with Crippen LogP contribution in [0.4, 0.5) is 14.5 Å². The van der Waals surface area contributed by atoms with Gasteiger partial charge in [-0.3, -0.25) is 0 Å². The van der Waals surface area contributed by atoms with Crippen molar-refractivity contribution in [1.82, 2.24) is 19.8 Å². The maximum Gasteiger partial charge on any atom is 0.234 e. The molecule has 0 aliphatic rings. The Labute approximate surface area is 104 Å². The zero-order valence-electron chi connectivity index (χ0n) is 9.19. The second kappa shape index (κ2) is 3.70. The van der Waals surface area contributed by atoms with Crippen LogP contribution in [0.3, 0.4) is 0 Å². The number of hydrogen-bond donors (Lipinski definition) is 1. The van der Waals surface area contributed by atoms with Gasteiger partial charge in [-0.25, -0.2) is 8.78 Å². The number of halogens is 2. The van der Waals surface area contributed by atoms with Crippen molar-refractivity contribution in [2.45, 2.75) is 6.92 Å². The lowest BCUT2D eigenvalue weighted by Crippen LogP contribution is -1.95. The summed E-state index contributed by atoms with van der Waals surface area (Å²) in [4.78, 5) is 0.576. The molecule has 0 saturated carbocycles. The van der Waals surface area contributed by atoms with Gasteiger partial charge in [-0.2, -0.15) is 9.61 Å². The summed E-state index contributed by atoms with van der Waals surface area (Å²) in [6, 6.07) is 1.98. The molecule has 0 aliphatic heterocycles. The third-order valence-corrected chi connectivity index (χ3v) is 3.40. The number of anilines is 1. The summed E-state index contributed by atoms with van der Waals surface area (Å²) in [6.07, 6.45) is 0. The molecule has 0 aliphatic carbocycles. The number of aryl methyl sites for hydroxylation is 1. The van der Waals surface area contributed by atoms with Gasteiger partial charge in [0.05, 0.1) is 0 Å². The number of nitrogens with two attached hydrogens (primary N) is 1. The fourth-order valence-corrected chi connectivity index (χ4v) is 2.49. The summed E-state index contributed by atoms with van der Waals surface area (Å²) in [5, 5.41) is 12.4. The van der Waals surface area contributed by atoms with Crippen LogP contribution in [0, 0.1) is 18.6 Å². The first-order valence-electron chi connectivity index (χ1n) is 5.00. The molecule has 1 aromatic carbocycles. The Balaban J connectivity index is 2.22. The predicted molar refractivity (Wildman–Crippen MR) is 63.2 cm³/mol. The largest absolute Gasteiger partial charge is 0.398 e. The first kappa shape index (κ1) is 11.0. The monoisotopic (exact) mass is 267 g/mol. The van der Waals surface area contributed by atoms with E-state index in [1.54, 1.807) is 6.92 Å². The minimum Gasteiger partial charge on any atom is -0.398 e. The molecule has 5 nitrogen and oxygen atoms in total. The van der Waals surface area contributed by atoms with Crippen LogP contribution < -0.4 is 5.73 Å². The molecule has 0 amide bonds. The van der Waals surface area contributed by atoms with E-state index in [1.807, 2.05) is 0 Å². The average Bonchev–Trinajstić information content (AvgIpc) is 2.87. The third-order valence-electron chi connectivity index (χ3n) is 2.47. The van der Waals surface area contributed by atoms with E-state index >= 15 is 0 Å². The van der Waals surface area contributed by atoms with Crippen LogP contribution in [0.5, 0.6) is 0 Å². The average molecular weight is 267 g/mol. The Bertz CT molecular complexity index is 748. The van der Waals surface area contributed by atoms with E-state index < -0.39 is 11.6 Å². The van der Waals surface area contributed by atoms with Crippen LogP contribution in [-0.2, 0) is 0 Å². The molecule has 3 aromatic rings. The van der Waals surface area contributed by atoms with Crippen LogP contribution >= 0.6 is 11.3 Å². The SMILES string of the molecule is Cc1nnc2sc(-c3cc(F)c(F)cc3N)nn12. The van der Waals surface area contributed by atoms with Crippen molar-refractivity contribution in [3.63, 3.8) is 0 Å². The molecule has 2 N–H and O–H groups in total. The van der Waals surface area contributed by atoms with Crippen molar-refractivity contribution in [1.29, 1.82) is 0 Å². The lowest BCUT2D eigenvalue weighted by Gasteiger charge is -2.02. The van der Waals surface area contributed by atoms with Gasteiger partial charge >= 0.3 is 0 Å². The number of aromatic nitrogens is 4. The van der Waals surface area contributed by atoms with E-state index in [1.165, 1.54) is 15.9 Å². The van der Waals surface area contributed by atoms with Gasteiger partial charge in [0.1, 0.15) is 5.01 Å². The van der Waals surface area contributed by atoms with Gasteiger partial charge < -0.3 is 5.73 Å². The van der Waals surface area contributed by atoms with Gasteiger partial charge in [0.25, 0.3) is 0 Å². The molecule has 3 rings (SSSR count). The van der Waals surface area contributed by atoms with Crippen molar-refractivity contribution >= 4 is 22.0 Å². The Morgan fingerprint density at radius 3 is 2.67 bits per heavy atom. The standard InChI is InChI=1S/C10H7F2N5S/c1-4-14-15-10-17(4)16-9(18-10)5-2-6(11)7(12)3-8(5)13/h2-3H,13H2,1H3. The summed E-state index contributed by atoms with van der Waals surface area (Å²) in [5.41, 5.74) is 6.15. The predicted octanol–water partition coefficient (Wildman–Crippen LogP) is 2.02. The maximum absolute atomic E-state index is 13.2. The topological polar surface area (TPSA) is 69.1 Å². The highest BCUT2D eigenvalue weighted by Crippen LogP contribution is 2.31. The minimum absolute atomic E-state index is 0.136. The molecule has 0 saturated heterocycles. The molecule has 2 aromatic heterocycles. The molecule has 8 heteroatoms. The van der Waals surface area contributed by atoms with E-state index in [-0.39, 0.29) is 5.69 Å². The molecule has 18 heavy (non-hydrogen) atoms. The summed E-state index contributed by atoms with van der Waals surface area (Å²) in [7, 11) is 0. The molecule has 0 unspecified atom stereocenters. The van der Waals surface area contributed by atoms with E-state index in [9.17, 15) is 8.78 Å². The molecule has 0 bridgehead atoms. The minimum atomic E-state index is -0.976. The van der Waals surface area contributed by atoms with Crippen molar-refractivity contribution in [2.75, 3.05) is 5.73 Å². The van der Waals surface area contributed by atoms with Gasteiger partial charge in [0.15, 0.2) is 17.5 Å². The van der Waals surface area contributed by atoms with Crippen molar-refractivity contribution in [2.24, 2.45) is 0 Å². The summed E-state index contributed by atoms with van der Waals surface area (Å²) in [6.45, 7) is 1.75. The van der Waals surface area contributed by atoms with Crippen LogP contribution in [0.15, 0.2) is 12.1 Å². The van der Waals surface area contributed by atoms with Crippen LogP contribution in [0.25, 0.3) is 15.5 Å². The molecule has 92 valence electrons. The molecule has 0 spiro atoms. The smallest absolute Gasteiger partial charge is 0.234 e. The molecule has 0 radical (unpaired) electrons. The van der Waals surface area contributed by atoms with Gasteiger partial charge in [0.2, 0.25) is 4.96 Å². The zero-order valence-corrected chi connectivity index (χ0v) is 10.0. The summed E-state index contributed by atoms with van der Waals surface area (Å²) >= 11 is 1.21. The third kappa shape index (κ3) is 1.53. The van der Waals surface area contributed by atoms with Gasteiger partial charge in [-0.15, -0.1) is 10.2 Å². The quantitative estimate of drug-likeness (QED) is 0.685. The Morgan fingerprint density at radius 2 is 1.94 bits per heavy atom. The Morgan fingerprint density at radius 1 is 1.22 bits per heavy atom. The first-order chi connectivity index (χ1) is 8.56. The molecular weight excluding hydrogens is 260 g/mol. The highest BCUT2D eigenvalue weighted by molar-refractivity contribution is 7.19. The molecular formula is C10H7F2N5S. The molecule has 0 atom stereocenters. The normalized spacial score (nSPS) is 11.3. The number of rotatable bonds is 1. The number of hydrogen-bond acceptors (Lipinski definition) is 5. The fourth-order valence-electron chi connectivity index (χ4n) is 1.57. The Kier molecular flexibility index (Phi) is 2.27. The Hall–Kier alpha value is -2.09. The van der Waals surface area contributed by atoms with E-state index in [0.717, 1.165) is 12.1 Å². The van der Waals surface area contributed by atoms with Crippen molar-refractivity contribution in [3.8, 4) is 10.6 Å². The fraction of sp³-hybridized carbons (Fsp3) is 0.100. The highest BCUT2D eigenvalue weighted by Gasteiger charge is 2.15.